The molecule has 1 aliphatic rings. The second kappa shape index (κ2) is 7.50. The maximum atomic E-state index is 12.7. The average Bonchev–Trinajstić information content (AvgIpc) is 3.01. The van der Waals surface area contributed by atoms with Crippen LogP contribution in [0.1, 0.15) is 17.5 Å². The molecule has 0 bridgehead atoms. The number of aryl methyl sites for hydroxylation is 2. The Balaban J connectivity index is 1.75. The highest BCUT2D eigenvalue weighted by atomic mass is 79.9. The molecule has 6 heteroatoms. The first-order chi connectivity index (χ1) is 12.4. The van der Waals surface area contributed by atoms with Crippen LogP contribution in [-0.2, 0) is 9.59 Å². The molecule has 1 N–H and O–H groups in total. The second-order valence-corrected chi connectivity index (χ2v) is 7.28. The number of benzene rings is 2. The van der Waals surface area contributed by atoms with Gasteiger partial charge in [0.15, 0.2) is 0 Å². The summed E-state index contributed by atoms with van der Waals surface area (Å²) in [6.45, 7) is 4.31. The van der Waals surface area contributed by atoms with Gasteiger partial charge in [-0.3, -0.25) is 9.59 Å². The number of para-hydroxylation sites is 2. The van der Waals surface area contributed by atoms with Gasteiger partial charge in [-0.25, -0.2) is 0 Å². The van der Waals surface area contributed by atoms with Crippen LogP contribution in [0.15, 0.2) is 40.9 Å². The molecule has 2 amide bonds. The number of nitrogens with zero attached hydrogens (tertiary/aromatic N) is 1. The van der Waals surface area contributed by atoms with E-state index < -0.39 is 5.92 Å². The van der Waals surface area contributed by atoms with Gasteiger partial charge in [0.1, 0.15) is 5.75 Å². The highest BCUT2D eigenvalue weighted by molar-refractivity contribution is 9.10. The van der Waals surface area contributed by atoms with Crippen molar-refractivity contribution in [3.8, 4) is 5.75 Å². The van der Waals surface area contributed by atoms with E-state index in [9.17, 15) is 9.59 Å². The smallest absolute Gasteiger partial charge is 0.229 e. The monoisotopic (exact) mass is 416 g/mol. The Morgan fingerprint density at radius 1 is 1.23 bits per heavy atom. The van der Waals surface area contributed by atoms with E-state index in [1.54, 1.807) is 12.0 Å². The Morgan fingerprint density at radius 3 is 2.54 bits per heavy atom. The molecule has 0 spiro atoms. The number of carbonyl (C=O) groups excluding carboxylic acids is 2. The highest BCUT2D eigenvalue weighted by Gasteiger charge is 2.36. The van der Waals surface area contributed by atoms with Gasteiger partial charge in [-0.1, -0.05) is 28.1 Å². The summed E-state index contributed by atoms with van der Waals surface area (Å²) in [6, 6.07) is 11.2. The zero-order valence-corrected chi connectivity index (χ0v) is 16.6. The Morgan fingerprint density at radius 2 is 1.88 bits per heavy atom. The molecule has 26 heavy (non-hydrogen) atoms. The van der Waals surface area contributed by atoms with Crippen LogP contribution in [-0.4, -0.2) is 25.5 Å². The molecule has 5 nitrogen and oxygen atoms in total. The van der Waals surface area contributed by atoms with Crippen molar-refractivity contribution < 1.29 is 14.3 Å². The van der Waals surface area contributed by atoms with E-state index in [-0.39, 0.29) is 18.2 Å². The van der Waals surface area contributed by atoms with Gasteiger partial charge in [0, 0.05) is 23.1 Å². The summed E-state index contributed by atoms with van der Waals surface area (Å²) in [6.07, 6.45) is 0.193. The fourth-order valence-electron chi connectivity index (χ4n) is 3.23. The minimum atomic E-state index is -0.392. The molecule has 1 atom stereocenters. The van der Waals surface area contributed by atoms with Crippen molar-refractivity contribution in [2.75, 3.05) is 23.9 Å². The Hall–Kier alpha value is -2.34. The average molecular weight is 417 g/mol. The van der Waals surface area contributed by atoms with Crippen LogP contribution >= 0.6 is 15.9 Å². The van der Waals surface area contributed by atoms with Gasteiger partial charge in [-0.05, 0) is 49.2 Å². The molecule has 0 saturated carbocycles. The summed E-state index contributed by atoms with van der Waals surface area (Å²) in [5.74, 6) is 0.0208. The van der Waals surface area contributed by atoms with Gasteiger partial charge in [-0.15, -0.1) is 0 Å². The third-order valence-corrected chi connectivity index (χ3v) is 5.83. The Kier molecular flexibility index (Phi) is 5.32. The molecule has 0 unspecified atom stereocenters. The maximum absolute atomic E-state index is 12.7. The number of methoxy groups -OCH3 is 1. The molecule has 136 valence electrons. The molecule has 2 aromatic rings. The minimum Gasteiger partial charge on any atom is -0.495 e. The van der Waals surface area contributed by atoms with Crippen LogP contribution in [0.2, 0.25) is 0 Å². The SMILES string of the molecule is COc1ccccc1N1C[C@@H](C(=O)Nc2cc(C)c(Br)c(C)c2)CC1=O. The first-order valence-electron chi connectivity index (χ1n) is 8.41. The zero-order valence-electron chi connectivity index (χ0n) is 15.0. The molecule has 0 aromatic heterocycles. The number of nitrogens with one attached hydrogen (secondary N) is 1. The van der Waals surface area contributed by atoms with E-state index in [0.717, 1.165) is 21.3 Å². The molecule has 0 aliphatic carbocycles. The van der Waals surface area contributed by atoms with Gasteiger partial charge < -0.3 is 15.0 Å². The van der Waals surface area contributed by atoms with Gasteiger partial charge in [0.25, 0.3) is 0 Å². The van der Waals surface area contributed by atoms with E-state index in [4.69, 9.17) is 4.74 Å². The molecule has 0 radical (unpaired) electrons. The first kappa shape index (κ1) is 18.5. The van der Waals surface area contributed by atoms with Crippen LogP contribution in [0.5, 0.6) is 5.75 Å². The summed E-state index contributed by atoms with van der Waals surface area (Å²) in [5.41, 5.74) is 3.55. The third kappa shape index (κ3) is 3.60. The van der Waals surface area contributed by atoms with Crippen molar-refractivity contribution in [3.05, 3.63) is 52.0 Å². The predicted octanol–water partition coefficient (Wildman–Crippen LogP) is 4.07. The number of carbonyl (C=O) groups is 2. The van der Waals surface area contributed by atoms with Crippen molar-refractivity contribution in [2.24, 2.45) is 5.92 Å². The molecular formula is C20H21BrN2O3. The predicted molar refractivity (Wildman–Crippen MR) is 106 cm³/mol. The number of amides is 2. The number of rotatable bonds is 4. The molecule has 1 saturated heterocycles. The lowest BCUT2D eigenvalue weighted by atomic mass is 10.1. The largest absolute Gasteiger partial charge is 0.495 e. The summed E-state index contributed by atoms with van der Waals surface area (Å²) in [5, 5.41) is 2.94. The standard InChI is InChI=1S/C20H21BrN2O3/c1-12-8-15(9-13(2)19(12)21)22-20(25)14-10-18(24)23(11-14)16-6-4-5-7-17(16)26-3/h4-9,14H,10-11H2,1-3H3,(H,22,25)/t14-/m0/s1. The van der Waals surface area contributed by atoms with E-state index in [1.807, 2.05) is 50.2 Å². The lowest BCUT2D eigenvalue weighted by molar-refractivity contribution is -0.122. The van der Waals surface area contributed by atoms with E-state index in [1.165, 1.54) is 0 Å². The fraction of sp³-hybridized carbons (Fsp3) is 0.300. The zero-order chi connectivity index (χ0) is 18.8. The number of ether oxygens (including phenoxy) is 1. The van der Waals surface area contributed by atoms with Gasteiger partial charge in [0.2, 0.25) is 11.8 Å². The molecule has 1 fully saturated rings. The van der Waals surface area contributed by atoms with E-state index >= 15 is 0 Å². The number of hydrogen-bond acceptors (Lipinski definition) is 3. The van der Waals surface area contributed by atoms with Crippen LogP contribution in [0.4, 0.5) is 11.4 Å². The molecule has 1 heterocycles. The van der Waals surface area contributed by atoms with Crippen molar-refractivity contribution in [1.29, 1.82) is 0 Å². The number of halogens is 1. The molecule has 3 rings (SSSR count). The maximum Gasteiger partial charge on any atom is 0.229 e. The highest BCUT2D eigenvalue weighted by Crippen LogP contribution is 2.33. The first-order valence-corrected chi connectivity index (χ1v) is 9.21. The van der Waals surface area contributed by atoms with Crippen LogP contribution in [0.3, 0.4) is 0 Å². The van der Waals surface area contributed by atoms with Crippen LogP contribution < -0.4 is 15.0 Å². The lowest BCUT2D eigenvalue weighted by Crippen LogP contribution is -2.28. The van der Waals surface area contributed by atoms with Crippen molar-refractivity contribution in [3.63, 3.8) is 0 Å². The van der Waals surface area contributed by atoms with Crippen LogP contribution in [0.25, 0.3) is 0 Å². The molecule has 2 aromatic carbocycles. The van der Waals surface area contributed by atoms with Gasteiger partial charge in [-0.2, -0.15) is 0 Å². The second-order valence-electron chi connectivity index (χ2n) is 6.49. The lowest BCUT2D eigenvalue weighted by Gasteiger charge is -2.19. The van der Waals surface area contributed by atoms with E-state index in [0.29, 0.717) is 18.0 Å². The Bertz CT molecular complexity index is 843. The minimum absolute atomic E-state index is 0.0715. The Labute approximate surface area is 161 Å². The van der Waals surface area contributed by atoms with Crippen LogP contribution in [0, 0.1) is 19.8 Å². The third-order valence-electron chi connectivity index (χ3n) is 4.58. The summed E-state index contributed by atoms with van der Waals surface area (Å²) >= 11 is 3.53. The normalized spacial score (nSPS) is 16.7. The fourth-order valence-corrected chi connectivity index (χ4v) is 3.46. The van der Waals surface area contributed by atoms with Crippen molar-refractivity contribution >= 4 is 39.1 Å². The van der Waals surface area contributed by atoms with Gasteiger partial charge >= 0.3 is 0 Å². The topological polar surface area (TPSA) is 58.6 Å². The van der Waals surface area contributed by atoms with Crippen molar-refractivity contribution in [2.45, 2.75) is 20.3 Å². The molecule has 1 aliphatic heterocycles. The molecular weight excluding hydrogens is 396 g/mol. The summed E-state index contributed by atoms with van der Waals surface area (Å²) in [7, 11) is 1.57. The number of anilines is 2. The van der Waals surface area contributed by atoms with E-state index in [2.05, 4.69) is 21.2 Å². The quantitative estimate of drug-likeness (QED) is 0.816. The summed E-state index contributed by atoms with van der Waals surface area (Å²) < 4.78 is 6.37. The van der Waals surface area contributed by atoms with Gasteiger partial charge in [0.05, 0.1) is 18.7 Å². The van der Waals surface area contributed by atoms with Crippen molar-refractivity contribution in [1.82, 2.24) is 0 Å². The summed E-state index contributed by atoms with van der Waals surface area (Å²) in [4.78, 5) is 26.7. The number of hydrogen-bond donors (Lipinski definition) is 1.